The molecule has 0 radical (unpaired) electrons. The number of aliphatic hydroxyl groups excluding tert-OH is 1. The van der Waals surface area contributed by atoms with Crippen LogP contribution in [0.15, 0.2) is 36.5 Å². The number of hydrogen-bond donors (Lipinski definition) is 1. The van der Waals surface area contributed by atoms with Gasteiger partial charge in [-0.05, 0) is 42.5 Å². The maximum absolute atomic E-state index is 9.96. The van der Waals surface area contributed by atoms with Gasteiger partial charge in [-0.1, -0.05) is 19.1 Å². The van der Waals surface area contributed by atoms with E-state index in [1.54, 1.807) is 0 Å². The molecule has 1 aromatic heterocycles. The normalized spacial score (nSPS) is 24.1. The molecule has 1 fully saturated rings. The summed E-state index contributed by atoms with van der Waals surface area (Å²) in [5.74, 6) is 0.422. The highest BCUT2D eigenvalue weighted by Gasteiger charge is 2.26. The molecule has 3 heteroatoms. The molecule has 0 aliphatic carbocycles. The van der Waals surface area contributed by atoms with Crippen LogP contribution in [-0.2, 0) is 6.54 Å². The molecule has 20 heavy (non-hydrogen) atoms. The third-order valence-corrected chi connectivity index (χ3v) is 4.38. The Morgan fingerprint density at radius 2 is 2.25 bits per heavy atom. The second-order valence-corrected chi connectivity index (χ2v) is 5.79. The van der Waals surface area contributed by atoms with Crippen LogP contribution in [0.4, 0.5) is 0 Å². The van der Waals surface area contributed by atoms with Gasteiger partial charge in [0.15, 0.2) is 0 Å². The summed E-state index contributed by atoms with van der Waals surface area (Å²) in [4.78, 5) is 6.81. The van der Waals surface area contributed by atoms with Crippen molar-refractivity contribution in [3.05, 3.63) is 42.1 Å². The molecule has 3 nitrogen and oxygen atoms in total. The summed E-state index contributed by atoms with van der Waals surface area (Å²) in [6.45, 7) is 5.12. The summed E-state index contributed by atoms with van der Waals surface area (Å²) < 4.78 is 0. The quantitative estimate of drug-likeness (QED) is 0.931. The van der Waals surface area contributed by atoms with Crippen LogP contribution in [-0.4, -0.2) is 34.2 Å². The SMILES string of the molecule is CCC1CN(Cc2ccc3ncccc3c2)CCC1O. The molecule has 1 aromatic carbocycles. The number of hydrogen-bond acceptors (Lipinski definition) is 3. The summed E-state index contributed by atoms with van der Waals surface area (Å²) in [6.07, 6.45) is 3.67. The lowest BCUT2D eigenvalue weighted by atomic mass is 9.92. The zero-order valence-electron chi connectivity index (χ0n) is 12.0. The Hall–Kier alpha value is -1.45. The van der Waals surface area contributed by atoms with Gasteiger partial charge in [0.1, 0.15) is 0 Å². The Labute approximate surface area is 120 Å². The number of nitrogens with zero attached hydrogens (tertiary/aromatic N) is 2. The number of fused-ring (bicyclic) bond motifs is 1. The maximum Gasteiger partial charge on any atom is 0.0702 e. The molecule has 3 rings (SSSR count). The van der Waals surface area contributed by atoms with Crippen LogP contribution in [0.25, 0.3) is 10.9 Å². The van der Waals surface area contributed by atoms with Crippen molar-refractivity contribution in [1.29, 1.82) is 0 Å². The van der Waals surface area contributed by atoms with E-state index in [9.17, 15) is 5.11 Å². The van der Waals surface area contributed by atoms with E-state index >= 15 is 0 Å². The second kappa shape index (κ2) is 5.90. The zero-order chi connectivity index (χ0) is 13.9. The third kappa shape index (κ3) is 2.84. The summed E-state index contributed by atoms with van der Waals surface area (Å²) in [5.41, 5.74) is 2.38. The van der Waals surface area contributed by atoms with Crippen LogP contribution in [0.1, 0.15) is 25.3 Å². The van der Waals surface area contributed by atoms with Gasteiger partial charge in [-0.25, -0.2) is 0 Å². The number of benzene rings is 1. The van der Waals surface area contributed by atoms with Crippen molar-refractivity contribution in [1.82, 2.24) is 9.88 Å². The van der Waals surface area contributed by atoms with Crippen LogP contribution in [0.5, 0.6) is 0 Å². The second-order valence-electron chi connectivity index (χ2n) is 5.79. The Bertz CT molecular complexity index is 584. The minimum atomic E-state index is -0.114. The van der Waals surface area contributed by atoms with Gasteiger partial charge < -0.3 is 5.11 Å². The monoisotopic (exact) mass is 270 g/mol. The van der Waals surface area contributed by atoms with Gasteiger partial charge in [-0.3, -0.25) is 9.88 Å². The molecule has 0 spiro atoms. The van der Waals surface area contributed by atoms with E-state index in [4.69, 9.17) is 0 Å². The first-order chi connectivity index (χ1) is 9.76. The lowest BCUT2D eigenvalue weighted by molar-refractivity contribution is 0.0222. The highest BCUT2D eigenvalue weighted by atomic mass is 16.3. The fourth-order valence-corrected chi connectivity index (χ4v) is 3.12. The molecule has 1 aliphatic rings. The standard InChI is InChI=1S/C17H22N2O/c1-2-14-12-19(9-7-17(14)20)11-13-5-6-16-15(10-13)4-3-8-18-16/h3-6,8,10,14,17,20H,2,7,9,11-12H2,1H3. The average Bonchev–Trinajstić information content (AvgIpc) is 2.49. The highest BCUT2D eigenvalue weighted by molar-refractivity contribution is 5.78. The number of rotatable bonds is 3. The molecule has 106 valence electrons. The summed E-state index contributed by atoms with van der Waals surface area (Å²) in [6, 6.07) is 10.6. The van der Waals surface area contributed by atoms with E-state index in [0.717, 1.165) is 38.0 Å². The minimum absolute atomic E-state index is 0.114. The third-order valence-electron chi connectivity index (χ3n) is 4.38. The van der Waals surface area contributed by atoms with Crippen LogP contribution in [0, 0.1) is 5.92 Å². The maximum atomic E-state index is 9.96. The first-order valence-electron chi connectivity index (χ1n) is 7.50. The van der Waals surface area contributed by atoms with Gasteiger partial charge in [0.2, 0.25) is 0 Å². The van der Waals surface area contributed by atoms with Crippen molar-refractivity contribution in [2.24, 2.45) is 5.92 Å². The fraction of sp³-hybridized carbons (Fsp3) is 0.471. The average molecular weight is 270 g/mol. The number of aliphatic hydroxyl groups is 1. The van der Waals surface area contributed by atoms with E-state index < -0.39 is 0 Å². The van der Waals surface area contributed by atoms with Gasteiger partial charge in [0.05, 0.1) is 11.6 Å². The predicted octanol–water partition coefficient (Wildman–Crippen LogP) is 2.83. The summed E-state index contributed by atoms with van der Waals surface area (Å²) in [7, 11) is 0. The van der Waals surface area contributed by atoms with E-state index in [2.05, 4.69) is 41.1 Å². The van der Waals surface area contributed by atoms with Gasteiger partial charge in [-0.15, -0.1) is 0 Å². The van der Waals surface area contributed by atoms with Crippen LogP contribution in [0.2, 0.25) is 0 Å². The number of aromatic nitrogens is 1. The Balaban J connectivity index is 1.73. The molecule has 2 atom stereocenters. The first-order valence-corrected chi connectivity index (χ1v) is 7.50. The molecular formula is C17H22N2O. The molecular weight excluding hydrogens is 248 g/mol. The lowest BCUT2D eigenvalue weighted by Crippen LogP contribution is -2.42. The van der Waals surface area contributed by atoms with Crippen molar-refractivity contribution in [2.75, 3.05) is 13.1 Å². The first kappa shape index (κ1) is 13.5. The van der Waals surface area contributed by atoms with E-state index in [-0.39, 0.29) is 6.10 Å². The summed E-state index contributed by atoms with van der Waals surface area (Å²) >= 11 is 0. The van der Waals surface area contributed by atoms with Crippen molar-refractivity contribution < 1.29 is 5.11 Å². The van der Waals surface area contributed by atoms with Crippen molar-refractivity contribution in [3.8, 4) is 0 Å². The van der Waals surface area contributed by atoms with Gasteiger partial charge in [0.25, 0.3) is 0 Å². The predicted molar refractivity (Wildman–Crippen MR) is 81.4 cm³/mol. The van der Waals surface area contributed by atoms with Crippen molar-refractivity contribution in [3.63, 3.8) is 0 Å². The highest BCUT2D eigenvalue weighted by Crippen LogP contribution is 2.22. The van der Waals surface area contributed by atoms with Crippen LogP contribution < -0.4 is 0 Å². The number of likely N-dealkylation sites (tertiary alicyclic amines) is 1. The Kier molecular flexibility index (Phi) is 3.99. The summed E-state index contributed by atoms with van der Waals surface area (Å²) in [5, 5.41) is 11.2. The van der Waals surface area contributed by atoms with E-state index in [1.165, 1.54) is 10.9 Å². The molecule has 2 heterocycles. The van der Waals surface area contributed by atoms with Crippen LogP contribution >= 0.6 is 0 Å². The van der Waals surface area contributed by atoms with E-state index in [1.807, 2.05) is 12.3 Å². The van der Waals surface area contributed by atoms with Gasteiger partial charge >= 0.3 is 0 Å². The van der Waals surface area contributed by atoms with Crippen molar-refractivity contribution in [2.45, 2.75) is 32.4 Å². The van der Waals surface area contributed by atoms with Crippen LogP contribution in [0.3, 0.4) is 0 Å². The van der Waals surface area contributed by atoms with E-state index in [0.29, 0.717) is 5.92 Å². The molecule has 1 saturated heterocycles. The van der Waals surface area contributed by atoms with Crippen molar-refractivity contribution >= 4 is 10.9 Å². The largest absolute Gasteiger partial charge is 0.393 e. The van der Waals surface area contributed by atoms with Gasteiger partial charge in [0, 0.05) is 31.2 Å². The lowest BCUT2D eigenvalue weighted by Gasteiger charge is -2.35. The minimum Gasteiger partial charge on any atom is -0.393 e. The number of piperidine rings is 1. The molecule has 1 aliphatic heterocycles. The Morgan fingerprint density at radius 3 is 3.10 bits per heavy atom. The van der Waals surface area contributed by atoms with Gasteiger partial charge in [-0.2, -0.15) is 0 Å². The molecule has 0 amide bonds. The molecule has 0 bridgehead atoms. The molecule has 0 saturated carbocycles. The smallest absolute Gasteiger partial charge is 0.0702 e. The zero-order valence-corrected chi connectivity index (χ0v) is 12.0. The molecule has 2 aromatic rings. The fourth-order valence-electron chi connectivity index (χ4n) is 3.12. The topological polar surface area (TPSA) is 36.4 Å². The number of pyridine rings is 1. The molecule has 2 unspecified atom stereocenters. The Morgan fingerprint density at radius 1 is 1.35 bits per heavy atom. The molecule has 1 N–H and O–H groups in total.